The van der Waals surface area contributed by atoms with Gasteiger partial charge in [0.15, 0.2) is 0 Å². The Morgan fingerprint density at radius 1 is 0.806 bits per heavy atom. The minimum Gasteiger partial charge on any atom is -0.497 e. The maximum Gasteiger partial charge on any atom is 0.118 e. The van der Waals surface area contributed by atoms with Crippen molar-refractivity contribution in [3.8, 4) is 5.75 Å². The van der Waals surface area contributed by atoms with Gasteiger partial charge in [0.25, 0.3) is 0 Å². The second kappa shape index (κ2) is 11.1. The minimum absolute atomic E-state index is 0.00972. The lowest BCUT2D eigenvalue weighted by Crippen LogP contribution is -2.36. The molecule has 31 heavy (non-hydrogen) atoms. The quantitative estimate of drug-likeness (QED) is 0.444. The molecule has 4 rings (SSSR count). The molecule has 0 radical (unpaired) electrons. The molecule has 3 nitrogen and oxygen atoms in total. The fourth-order valence-corrected chi connectivity index (χ4v) is 4.33. The lowest BCUT2D eigenvalue weighted by molar-refractivity contribution is 0.0311. The second-order valence-electron chi connectivity index (χ2n) is 8.42. The predicted octanol–water partition coefficient (Wildman–Crippen LogP) is 5.76. The molecular weight excluding hydrogens is 382 g/mol. The molecule has 0 bridgehead atoms. The van der Waals surface area contributed by atoms with Gasteiger partial charge in [-0.3, -0.25) is 0 Å². The van der Waals surface area contributed by atoms with Crippen molar-refractivity contribution < 1.29 is 9.47 Å². The van der Waals surface area contributed by atoms with E-state index in [1.165, 1.54) is 29.5 Å². The Labute approximate surface area is 186 Å². The van der Waals surface area contributed by atoms with Crippen LogP contribution in [-0.2, 0) is 11.2 Å². The maximum absolute atomic E-state index is 6.51. The Hall–Kier alpha value is -2.62. The smallest absolute Gasteiger partial charge is 0.118 e. The fourth-order valence-electron chi connectivity index (χ4n) is 4.33. The van der Waals surface area contributed by atoms with E-state index >= 15 is 0 Å². The zero-order chi connectivity index (χ0) is 21.3. The van der Waals surface area contributed by atoms with Crippen LogP contribution in [0.2, 0.25) is 0 Å². The van der Waals surface area contributed by atoms with Gasteiger partial charge in [-0.1, -0.05) is 72.8 Å². The number of methoxy groups -OCH3 is 1. The highest BCUT2D eigenvalue weighted by Crippen LogP contribution is 2.28. The van der Waals surface area contributed by atoms with Crippen molar-refractivity contribution in [2.75, 3.05) is 33.4 Å². The second-order valence-corrected chi connectivity index (χ2v) is 8.42. The first-order chi connectivity index (χ1) is 15.3. The van der Waals surface area contributed by atoms with Gasteiger partial charge < -0.3 is 14.4 Å². The molecule has 1 aliphatic rings. The van der Waals surface area contributed by atoms with E-state index in [4.69, 9.17) is 9.47 Å². The highest BCUT2D eigenvalue weighted by atomic mass is 16.5. The molecule has 0 amide bonds. The van der Waals surface area contributed by atoms with Crippen molar-refractivity contribution >= 4 is 0 Å². The number of nitrogens with zero attached hydrogens (tertiary/aromatic N) is 1. The van der Waals surface area contributed by atoms with Crippen molar-refractivity contribution in [3.05, 3.63) is 102 Å². The Kier molecular flexibility index (Phi) is 7.76. The molecule has 3 aromatic carbocycles. The third-order valence-electron chi connectivity index (χ3n) is 6.29. The summed E-state index contributed by atoms with van der Waals surface area (Å²) in [6, 6.07) is 29.6. The topological polar surface area (TPSA) is 21.7 Å². The molecule has 1 heterocycles. The van der Waals surface area contributed by atoms with Gasteiger partial charge in [-0.25, -0.2) is 0 Å². The summed E-state index contributed by atoms with van der Waals surface area (Å²) in [5.41, 5.74) is 3.83. The van der Waals surface area contributed by atoms with E-state index < -0.39 is 0 Å². The average Bonchev–Trinajstić information content (AvgIpc) is 2.85. The van der Waals surface area contributed by atoms with Crippen LogP contribution in [0, 0.1) is 5.92 Å². The molecule has 3 aromatic rings. The molecule has 162 valence electrons. The summed E-state index contributed by atoms with van der Waals surface area (Å²) in [5, 5.41) is 0. The third-order valence-corrected chi connectivity index (χ3v) is 6.29. The molecule has 3 heteroatoms. The van der Waals surface area contributed by atoms with Gasteiger partial charge >= 0.3 is 0 Å². The summed E-state index contributed by atoms with van der Waals surface area (Å²) in [7, 11) is 1.71. The molecule has 1 fully saturated rings. The van der Waals surface area contributed by atoms with Gasteiger partial charge in [0.2, 0.25) is 0 Å². The molecule has 1 aliphatic heterocycles. The van der Waals surface area contributed by atoms with E-state index in [0.29, 0.717) is 5.92 Å². The molecule has 0 saturated carbocycles. The van der Waals surface area contributed by atoms with E-state index in [2.05, 4.69) is 89.8 Å². The van der Waals surface area contributed by atoms with E-state index in [1.807, 2.05) is 0 Å². The van der Waals surface area contributed by atoms with Crippen LogP contribution in [0.25, 0.3) is 0 Å². The summed E-state index contributed by atoms with van der Waals surface area (Å²) in [6.45, 7) is 4.26. The van der Waals surface area contributed by atoms with Crippen LogP contribution < -0.4 is 4.74 Å². The van der Waals surface area contributed by atoms with Crippen LogP contribution in [-0.4, -0.2) is 38.3 Å². The molecule has 0 aromatic heterocycles. The van der Waals surface area contributed by atoms with Crippen LogP contribution in [0.1, 0.15) is 35.6 Å². The van der Waals surface area contributed by atoms with Crippen molar-refractivity contribution in [3.63, 3.8) is 0 Å². The lowest BCUT2D eigenvalue weighted by Gasteiger charge is -2.32. The molecule has 1 saturated heterocycles. The van der Waals surface area contributed by atoms with E-state index in [1.54, 1.807) is 7.11 Å². The monoisotopic (exact) mass is 415 g/mol. The number of likely N-dealkylation sites (tertiary alicyclic amines) is 1. The van der Waals surface area contributed by atoms with E-state index in [-0.39, 0.29) is 6.10 Å². The zero-order valence-electron chi connectivity index (χ0n) is 18.5. The average molecular weight is 416 g/mol. The van der Waals surface area contributed by atoms with Crippen LogP contribution in [0.5, 0.6) is 5.75 Å². The molecular formula is C28H33NO2. The summed E-state index contributed by atoms with van der Waals surface area (Å²) < 4.78 is 11.8. The largest absolute Gasteiger partial charge is 0.497 e. The summed E-state index contributed by atoms with van der Waals surface area (Å²) >= 11 is 0. The molecule has 0 aliphatic carbocycles. The number of ether oxygens (including phenoxy) is 2. The number of piperidine rings is 1. The molecule has 0 spiro atoms. The minimum atomic E-state index is 0.00972. The van der Waals surface area contributed by atoms with Gasteiger partial charge in [-0.15, -0.1) is 0 Å². The van der Waals surface area contributed by atoms with Crippen LogP contribution in [0.3, 0.4) is 0 Å². The number of hydrogen-bond donors (Lipinski definition) is 0. The van der Waals surface area contributed by atoms with Crippen molar-refractivity contribution in [2.45, 2.75) is 25.4 Å². The summed E-state index contributed by atoms with van der Waals surface area (Å²) in [5.74, 6) is 1.56. The summed E-state index contributed by atoms with van der Waals surface area (Å²) in [6.07, 6.45) is 3.52. The van der Waals surface area contributed by atoms with Gasteiger partial charge in [0.1, 0.15) is 11.9 Å². The Balaban J connectivity index is 1.26. The van der Waals surface area contributed by atoms with Crippen molar-refractivity contribution in [2.24, 2.45) is 5.92 Å². The first kappa shape index (κ1) is 21.6. The summed E-state index contributed by atoms with van der Waals surface area (Å²) in [4.78, 5) is 2.59. The Morgan fingerprint density at radius 3 is 1.94 bits per heavy atom. The number of rotatable bonds is 9. The number of hydrogen-bond acceptors (Lipinski definition) is 3. The van der Waals surface area contributed by atoms with E-state index in [0.717, 1.165) is 38.4 Å². The van der Waals surface area contributed by atoms with Gasteiger partial charge in [-0.2, -0.15) is 0 Å². The Morgan fingerprint density at radius 2 is 1.39 bits per heavy atom. The third kappa shape index (κ3) is 6.19. The molecule has 0 atom stereocenters. The van der Waals surface area contributed by atoms with Gasteiger partial charge in [0, 0.05) is 6.54 Å². The first-order valence-corrected chi connectivity index (χ1v) is 11.4. The van der Waals surface area contributed by atoms with E-state index in [9.17, 15) is 0 Å². The van der Waals surface area contributed by atoms with Crippen molar-refractivity contribution in [1.82, 2.24) is 4.90 Å². The normalized spacial score (nSPS) is 15.3. The first-order valence-electron chi connectivity index (χ1n) is 11.4. The highest BCUT2D eigenvalue weighted by Gasteiger charge is 2.22. The maximum atomic E-state index is 6.51. The molecule has 0 N–H and O–H groups in total. The fraction of sp³-hybridized carbons (Fsp3) is 0.357. The highest BCUT2D eigenvalue weighted by molar-refractivity contribution is 5.30. The van der Waals surface area contributed by atoms with Crippen LogP contribution in [0.15, 0.2) is 84.9 Å². The predicted molar refractivity (Wildman–Crippen MR) is 127 cm³/mol. The zero-order valence-corrected chi connectivity index (χ0v) is 18.5. The standard InChI is InChI=1S/C28H33NO2/c1-30-27-14-12-23(13-15-27)16-19-29-20-17-24(18-21-29)22-31-28(25-8-4-2-5-9-25)26-10-6-3-7-11-26/h2-15,24,28H,16-22H2,1H3. The van der Waals surface area contributed by atoms with Crippen LogP contribution in [0.4, 0.5) is 0 Å². The Bertz CT molecular complexity index is 848. The lowest BCUT2D eigenvalue weighted by atomic mass is 9.96. The SMILES string of the molecule is COc1ccc(CCN2CCC(COC(c3ccccc3)c3ccccc3)CC2)cc1. The molecule has 0 unspecified atom stereocenters. The van der Waals surface area contributed by atoms with Crippen molar-refractivity contribution in [1.29, 1.82) is 0 Å². The van der Waals surface area contributed by atoms with Gasteiger partial charge in [-0.05, 0) is 67.1 Å². The van der Waals surface area contributed by atoms with Crippen LogP contribution >= 0.6 is 0 Å². The van der Waals surface area contributed by atoms with Gasteiger partial charge in [0.05, 0.1) is 13.7 Å². The number of benzene rings is 3.